The van der Waals surface area contributed by atoms with E-state index in [1.807, 2.05) is 13.8 Å². The van der Waals surface area contributed by atoms with Crippen molar-refractivity contribution in [2.75, 3.05) is 26.6 Å². The third-order valence-electron chi connectivity index (χ3n) is 3.83. The van der Waals surface area contributed by atoms with E-state index in [9.17, 15) is 9.59 Å². The number of amides is 2. The highest BCUT2D eigenvalue weighted by Crippen LogP contribution is 2.38. The van der Waals surface area contributed by atoms with Gasteiger partial charge in [-0.3, -0.25) is 9.59 Å². The Morgan fingerprint density at radius 3 is 2.15 bits per heavy atom. The zero-order valence-corrected chi connectivity index (χ0v) is 16.7. The third-order valence-corrected chi connectivity index (χ3v) is 4.51. The van der Waals surface area contributed by atoms with Crippen LogP contribution in [0, 0.1) is 5.92 Å². The molecule has 0 bridgehead atoms. The molecule has 2 N–H and O–H groups in total. The number of nitrogens with one attached hydrogen (secondary N) is 2. The summed E-state index contributed by atoms with van der Waals surface area (Å²) in [5, 5.41) is 7.70. The number of thiazole rings is 1. The molecule has 2 rings (SSSR count). The predicted molar refractivity (Wildman–Crippen MR) is 103 cm³/mol. The van der Waals surface area contributed by atoms with Crippen molar-refractivity contribution in [2.24, 2.45) is 5.92 Å². The van der Waals surface area contributed by atoms with Crippen molar-refractivity contribution in [3.8, 4) is 17.2 Å². The zero-order valence-electron chi connectivity index (χ0n) is 15.9. The Kier molecular flexibility index (Phi) is 7.00. The fraction of sp³-hybridized carbons (Fsp3) is 0.389. The molecule has 1 aromatic carbocycles. The van der Waals surface area contributed by atoms with Crippen molar-refractivity contribution in [3.05, 3.63) is 29.3 Å². The molecule has 0 aliphatic rings. The number of hydrogen-bond acceptors (Lipinski definition) is 7. The van der Waals surface area contributed by atoms with Crippen LogP contribution < -0.4 is 24.8 Å². The van der Waals surface area contributed by atoms with E-state index in [1.165, 1.54) is 44.8 Å². The van der Waals surface area contributed by atoms with Gasteiger partial charge >= 0.3 is 0 Å². The second-order valence-electron chi connectivity index (χ2n) is 5.94. The lowest BCUT2D eigenvalue weighted by atomic mass is 10.0. The fourth-order valence-corrected chi connectivity index (χ4v) is 2.97. The number of rotatable bonds is 8. The summed E-state index contributed by atoms with van der Waals surface area (Å²) in [6.45, 7) is 3.70. The van der Waals surface area contributed by atoms with E-state index < -0.39 is 11.9 Å². The number of aromatic nitrogens is 1. The Balaban J connectivity index is 2.23. The molecule has 0 fully saturated rings. The van der Waals surface area contributed by atoms with E-state index in [1.54, 1.807) is 11.6 Å². The Labute approximate surface area is 161 Å². The van der Waals surface area contributed by atoms with Gasteiger partial charge in [-0.15, -0.1) is 11.3 Å². The summed E-state index contributed by atoms with van der Waals surface area (Å²) in [5.74, 6) is 0.211. The smallest absolute Gasteiger partial charge is 0.252 e. The summed E-state index contributed by atoms with van der Waals surface area (Å²) >= 11 is 1.31. The van der Waals surface area contributed by atoms with E-state index >= 15 is 0 Å². The maximum Gasteiger partial charge on any atom is 0.252 e. The standard InChI is InChI=1S/C18H23N3O5S/c1-10(2)14(17(23)21-18-19-6-7-27-18)20-16(22)11-8-12(24-3)15(26-5)13(9-11)25-4/h6-10,14H,1-5H3,(H,20,22)(H,19,21,23). The highest BCUT2D eigenvalue weighted by molar-refractivity contribution is 7.13. The summed E-state index contributed by atoms with van der Waals surface area (Å²) in [4.78, 5) is 29.3. The van der Waals surface area contributed by atoms with Crippen LogP contribution in [-0.4, -0.2) is 44.2 Å². The molecule has 0 radical (unpaired) electrons. The van der Waals surface area contributed by atoms with Crippen LogP contribution in [0.3, 0.4) is 0 Å². The van der Waals surface area contributed by atoms with Crippen molar-refractivity contribution in [2.45, 2.75) is 19.9 Å². The Hall–Kier alpha value is -2.81. The molecule has 0 aliphatic heterocycles. The van der Waals surface area contributed by atoms with E-state index in [-0.39, 0.29) is 17.4 Å². The molecule has 2 aromatic rings. The van der Waals surface area contributed by atoms with Gasteiger partial charge < -0.3 is 24.8 Å². The Morgan fingerprint density at radius 1 is 1.07 bits per heavy atom. The quantitative estimate of drug-likeness (QED) is 0.715. The van der Waals surface area contributed by atoms with E-state index in [0.29, 0.717) is 22.4 Å². The minimum atomic E-state index is -0.736. The number of carbonyl (C=O) groups excluding carboxylic acids is 2. The lowest BCUT2D eigenvalue weighted by Gasteiger charge is -2.21. The van der Waals surface area contributed by atoms with Gasteiger partial charge in [0.15, 0.2) is 16.6 Å². The number of benzene rings is 1. The predicted octanol–water partition coefficient (Wildman–Crippen LogP) is 2.56. The topological polar surface area (TPSA) is 98.8 Å². The molecular formula is C18H23N3O5S. The molecule has 9 heteroatoms. The number of methoxy groups -OCH3 is 3. The van der Waals surface area contributed by atoms with Crippen LogP contribution >= 0.6 is 11.3 Å². The number of nitrogens with zero attached hydrogens (tertiary/aromatic N) is 1. The van der Waals surface area contributed by atoms with Gasteiger partial charge in [0.05, 0.1) is 21.3 Å². The number of ether oxygens (including phenoxy) is 3. The van der Waals surface area contributed by atoms with Crippen LogP contribution in [0.25, 0.3) is 0 Å². The Bertz CT molecular complexity index is 767. The minimum absolute atomic E-state index is 0.129. The molecule has 0 spiro atoms. The average Bonchev–Trinajstić information content (AvgIpc) is 3.16. The molecule has 1 atom stereocenters. The zero-order chi connectivity index (χ0) is 20.0. The molecule has 0 saturated heterocycles. The first-order chi connectivity index (χ1) is 12.9. The van der Waals surface area contributed by atoms with Gasteiger partial charge in [0.2, 0.25) is 11.7 Å². The summed E-state index contributed by atoms with van der Waals surface area (Å²) in [7, 11) is 4.42. The molecule has 2 amide bonds. The summed E-state index contributed by atoms with van der Waals surface area (Å²) in [6, 6.07) is 2.33. The van der Waals surface area contributed by atoms with E-state index in [4.69, 9.17) is 14.2 Å². The maximum absolute atomic E-state index is 12.7. The van der Waals surface area contributed by atoms with Crippen molar-refractivity contribution in [1.29, 1.82) is 0 Å². The lowest BCUT2D eigenvalue weighted by Crippen LogP contribution is -2.47. The SMILES string of the molecule is COc1cc(C(=O)NC(C(=O)Nc2nccs2)C(C)C)cc(OC)c1OC. The third kappa shape index (κ3) is 4.88. The first kappa shape index (κ1) is 20.5. The second kappa shape index (κ2) is 9.22. The second-order valence-corrected chi connectivity index (χ2v) is 6.83. The van der Waals surface area contributed by atoms with Gasteiger partial charge in [0.1, 0.15) is 6.04 Å². The first-order valence-electron chi connectivity index (χ1n) is 8.22. The summed E-state index contributed by atoms with van der Waals surface area (Å²) in [5.41, 5.74) is 0.289. The summed E-state index contributed by atoms with van der Waals surface area (Å²) < 4.78 is 15.8. The lowest BCUT2D eigenvalue weighted by molar-refractivity contribution is -0.118. The van der Waals surface area contributed by atoms with Crippen LogP contribution in [0.5, 0.6) is 17.2 Å². The van der Waals surface area contributed by atoms with Crippen molar-refractivity contribution < 1.29 is 23.8 Å². The maximum atomic E-state index is 12.7. The van der Waals surface area contributed by atoms with E-state index in [2.05, 4.69) is 15.6 Å². The molecular weight excluding hydrogens is 370 g/mol. The first-order valence-corrected chi connectivity index (χ1v) is 9.10. The van der Waals surface area contributed by atoms with Crippen molar-refractivity contribution >= 4 is 28.3 Å². The molecule has 0 saturated carbocycles. The largest absolute Gasteiger partial charge is 0.493 e. The number of carbonyl (C=O) groups is 2. The van der Waals surface area contributed by atoms with Crippen molar-refractivity contribution in [3.63, 3.8) is 0 Å². The molecule has 27 heavy (non-hydrogen) atoms. The van der Waals surface area contributed by atoms with Crippen LogP contribution in [0.1, 0.15) is 24.2 Å². The van der Waals surface area contributed by atoms with Gasteiger partial charge in [-0.25, -0.2) is 4.98 Å². The van der Waals surface area contributed by atoms with Gasteiger partial charge in [0.25, 0.3) is 5.91 Å². The average molecular weight is 393 g/mol. The highest BCUT2D eigenvalue weighted by Gasteiger charge is 2.26. The fourth-order valence-electron chi connectivity index (χ4n) is 2.44. The summed E-state index contributed by atoms with van der Waals surface area (Å²) in [6.07, 6.45) is 1.60. The monoisotopic (exact) mass is 393 g/mol. The number of hydrogen-bond donors (Lipinski definition) is 2. The van der Waals surface area contributed by atoms with Gasteiger partial charge in [-0.05, 0) is 18.1 Å². The molecule has 146 valence electrons. The molecule has 0 aliphatic carbocycles. The van der Waals surface area contributed by atoms with Crippen LogP contribution in [0.2, 0.25) is 0 Å². The van der Waals surface area contributed by atoms with Gasteiger partial charge in [0, 0.05) is 17.1 Å². The van der Waals surface area contributed by atoms with E-state index in [0.717, 1.165) is 0 Å². The molecule has 1 aromatic heterocycles. The molecule has 8 nitrogen and oxygen atoms in total. The van der Waals surface area contributed by atoms with Crippen LogP contribution in [-0.2, 0) is 4.79 Å². The number of anilines is 1. The van der Waals surface area contributed by atoms with Crippen molar-refractivity contribution in [1.82, 2.24) is 10.3 Å². The molecule has 1 heterocycles. The Morgan fingerprint density at radius 2 is 1.70 bits per heavy atom. The highest BCUT2D eigenvalue weighted by atomic mass is 32.1. The van der Waals surface area contributed by atoms with Crippen LogP contribution in [0.4, 0.5) is 5.13 Å². The normalized spacial score (nSPS) is 11.6. The minimum Gasteiger partial charge on any atom is -0.493 e. The van der Waals surface area contributed by atoms with Gasteiger partial charge in [-0.2, -0.15) is 0 Å². The molecule has 1 unspecified atom stereocenters. The van der Waals surface area contributed by atoms with Gasteiger partial charge in [-0.1, -0.05) is 13.8 Å². The van der Waals surface area contributed by atoms with Crippen LogP contribution in [0.15, 0.2) is 23.7 Å².